The normalized spacial score (nSPS) is 16.2. The number of pyridine rings is 2. The van der Waals surface area contributed by atoms with Crippen molar-refractivity contribution in [1.82, 2.24) is 9.13 Å². The molecule has 0 amide bonds. The molecular weight excluding hydrogens is 368 g/mol. The molecule has 6 heteroatoms. The van der Waals surface area contributed by atoms with E-state index >= 15 is 0 Å². The summed E-state index contributed by atoms with van der Waals surface area (Å²) in [6.07, 6.45) is -0.0272. The van der Waals surface area contributed by atoms with Crippen LogP contribution in [0.3, 0.4) is 0 Å². The highest BCUT2D eigenvalue weighted by molar-refractivity contribution is 5.81. The lowest BCUT2D eigenvalue weighted by atomic mass is 9.87. The van der Waals surface area contributed by atoms with Crippen LogP contribution >= 0.6 is 0 Å². The Labute approximate surface area is 168 Å². The average molecular weight is 392 g/mol. The van der Waals surface area contributed by atoms with Crippen LogP contribution in [0.4, 0.5) is 0 Å². The number of carbonyl (C=O) groups excluding carboxylic acids is 1. The van der Waals surface area contributed by atoms with Crippen LogP contribution in [-0.2, 0) is 18.4 Å². The maximum atomic E-state index is 13.5. The number of esters is 1. The first-order chi connectivity index (χ1) is 13.8. The molecule has 0 fully saturated rings. The van der Waals surface area contributed by atoms with Gasteiger partial charge in [-0.3, -0.25) is 14.4 Å². The number of fused-ring (bicyclic) bond motifs is 2. The fourth-order valence-electron chi connectivity index (χ4n) is 4.06. The fourth-order valence-corrected chi connectivity index (χ4v) is 4.06. The van der Waals surface area contributed by atoms with Crippen molar-refractivity contribution >= 4 is 16.9 Å². The summed E-state index contributed by atoms with van der Waals surface area (Å²) < 4.78 is 8.65. The van der Waals surface area contributed by atoms with Crippen LogP contribution in [0.2, 0.25) is 0 Å². The smallest absolute Gasteiger partial charge is 0.312 e. The molecule has 0 N–H and O–H groups in total. The molecule has 2 aromatic heterocycles. The molecule has 1 atom stereocenters. The predicted octanol–water partition coefficient (Wildman–Crippen LogP) is 3.11. The fraction of sp³-hybridized carbons (Fsp3) is 0.348. The summed E-state index contributed by atoms with van der Waals surface area (Å²) in [5.41, 5.74) is 1.99. The maximum Gasteiger partial charge on any atom is 0.312 e. The zero-order valence-corrected chi connectivity index (χ0v) is 17.1. The molecule has 0 bridgehead atoms. The van der Waals surface area contributed by atoms with Crippen LogP contribution in [0, 0.1) is 12.8 Å². The summed E-state index contributed by atoms with van der Waals surface area (Å²) >= 11 is 0. The van der Waals surface area contributed by atoms with Crippen molar-refractivity contribution in [3.8, 4) is 5.75 Å². The lowest BCUT2D eigenvalue weighted by molar-refractivity contribution is -0.135. The number of ether oxygens (including phenoxy) is 1. The summed E-state index contributed by atoms with van der Waals surface area (Å²) in [7, 11) is 1.68. The lowest BCUT2D eigenvalue weighted by Gasteiger charge is -2.26. The van der Waals surface area contributed by atoms with Gasteiger partial charge in [0.25, 0.3) is 11.1 Å². The maximum absolute atomic E-state index is 13.5. The van der Waals surface area contributed by atoms with Crippen molar-refractivity contribution < 1.29 is 9.53 Å². The summed E-state index contributed by atoms with van der Waals surface area (Å²) in [6.45, 7) is 6.45. The number of aryl methyl sites for hydroxylation is 1. The van der Waals surface area contributed by atoms with E-state index in [0.717, 1.165) is 10.9 Å². The number of carbonyl (C=O) groups is 1. The van der Waals surface area contributed by atoms with Gasteiger partial charge in [0.05, 0.1) is 17.5 Å². The summed E-state index contributed by atoms with van der Waals surface area (Å²) in [5.74, 6) is -0.528. The van der Waals surface area contributed by atoms with E-state index in [4.69, 9.17) is 4.74 Å². The van der Waals surface area contributed by atoms with E-state index in [-0.39, 0.29) is 29.2 Å². The molecule has 0 aliphatic carbocycles. The van der Waals surface area contributed by atoms with Gasteiger partial charge in [0.1, 0.15) is 5.75 Å². The van der Waals surface area contributed by atoms with E-state index < -0.39 is 11.9 Å². The van der Waals surface area contributed by atoms with E-state index in [0.29, 0.717) is 23.4 Å². The third-order valence-corrected chi connectivity index (χ3v) is 5.57. The van der Waals surface area contributed by atoms with Gasteiger partial charge in [-0.15, -0.1) is 0 Å². The van der Waals surface area contributed by atoms with Crippen LogP contribution in [0.1, 0.15) is 43.0 Å². The van der Waals surface area contributed by atoms with E-state index in [1.165, 1.54) is 4.57 Å². The van der Waals surface area contributed by atoms with Crippen LogP contribution < -0.4 is 15.9 Å². The van der Waals surface area contributed by atoms with Gasteiger partial charge in [0.15, 0.2) is 0 Å². The van der Waals surface area contributed by atoms with Gasteiger partial charge in [-0.25, -0.2) is 0 Å². The van der Waals surface area contributed by atoms with Crippen molar-refractivity contribution in [3.05, 3.63) is 73.9 Å². The van der Waals surface area contributed by atoms with Crippen LogP contribution in [0.5, 0.6) is 5.75 Å². The third-order valence-electron chi connectivity index (χ3n) is 5.57. The first kappa shape index (κ1) is 19.2. The van der Waals surface area contributed by atoms with Crippen molar-refractivity contribution in [2.45, 2.75) is 39.7 Å². The second-order valence-corrected chi connectivity index (χ2v) is 8.13. The Bertz CT molecular complexity index is 1250. The molecule has 6 nitrogen and oxygen atoms in total. The Morgan fingerprint density at radius 2 is 1.83 bits per heavy atom. The first-order valence-corrected chi connectivity index (χ1v) is 9.81. The zero-order valence-electron chi connectivity index (χ0n) is 17.1. The molecule has 150 valence electrons. The second-order valence-electron chi connectivity index (χ2n) is 8.13. The third kappa shape index (κ3) is 3.18. The molecule has 3 heterocycles. The molecule has 1 aliphatic rings. The van der Waals surface area contributed by atoms with Gasteiger partial charge >= 0.3 is 5.97 Å². The lowest BCUT2D eigenvalue weighted by Crippen LogP contribution is -2.35. The SMILES string of the molecule is Cc1cc2c(c(=O)n1C)[C@@H](c1cc3ccccc3n(CC(C)C)c1=O)CC(=O)O2. The molecule has 0 saturated carbocycles. The number of hydrogen-bond donors (Lipinski definition) is 0. The molecule has 0 spiro atoms. The zero-order chi connectivity index (χ0) is 20.9. The van der Waals surface area contributed by atoms with Gasteiger partial charge < -0.3 is 13.9 Å². The number of hydrogen-bond acceptors (Lipinski definition) is 4. The predicted molar refractivity (Wildman–Crippen MR) is 112 cm³/mol. The van der Waals surface area contributed by atoms with E-state index in [1.54, 1.807) is 24.6 Å². The molecular formula is C23H24N2O4. The van der Waals surface area contributed by atoms with E-state index in [2.05, 4.69) is 13.8 Å². The minimum absolute atomic E-state index is 0.0272. The minimum Gasteiger partial charge on any atom is -0.426 e. The van der Waals surface area contributed by atoms with E-state index in [1.807, 2.05) is 30.3 Å². The van der Waals surface area contributed by atoms with Crippen molar-refractivity contribution in [2.75, 3.05) is 0 Å². The Hall–Kier alpha value is -3.15. The van der Waals surface area contributed by atoms with Crippen LogP contribution in [-0.4, -0.2) is 15.1 Å². The monoisotopic (exact) mass is 392 g/mol. The Kier molecular flexibility index (Phi) is 4.65. The number of benzene rings is 1. The van der Waals surface area contributed by atoms with Gasteiger partial charge in [0, 0.05) is 36.8 Å². The Morgan fingerprint density at radius 3 is 2.55 bits per heavy atom. The van der Waals surface area contributed by atoms with Gasteiger partial charge in [0.2, 0.25) is 0 Å². The van der Waals surface area contributed by atoms with Crippen LogP contribution in [0.15, 0.2) is 46.0 Å². The highest BCUT2D eigenvalue weighted by Crippen LogP contribution is 2.36. The highest BCUT2D eigenvalue weighted by Gasteiger charge is 2.34. The number of aromatic nitrogens is 2. The van der Waals surface area contributed by atoms with Crippen LogP contribution in [0.25, 0.3) is 10.9 Å². The molecule has 4 rings (SSSR count). The molecule has 0 saturated heterocycles. The summed E-state index contributed by atoms with van der Waals surface area (Å²) in [5, 5.41) is 0.909. The molecule has 0 radical (unpaired) electrons. The minimum atomic E-state index is -0.624. The number of para-hydroxylation sites is 1. The molecule has 1 aliphatic heterocycles. The average Bonchev–Trinajstić information content (AvgIpc) is 2.67. The molecule has 0 unspecified atom stereocenters. The number of rotatable bonds is 3. The molecule has 3 aromatic rings. The van der Waals surface area contributed by atoms with Crippen molar-refractivity contribution in [2.24, 2.45) is 13.0 Å². The van der Waals surface area contributed by atoms with Crippen molar-refractivity contribution in [3.63, 3.8) is 0 Å². The summed E-state index contributed by atoms with van der Waals surface area (Å²) in [4.78, 5) is 38.8. The standard InChI is InChI=1S/C23H24N2O4/c1-13(2)12-25-18-8-6-5-7-15(18)10-17(22(25)27)16-11-20(26)29-19-9-14(3)24(4)23(28)21(16)19/h5-10,13,16H,11-12H2,1-4H3/t16-/m1/s1. The van der Waals surface area contributed by atoms with Crippen molar-refractivity contribution in [1.29, 1.82) is 0 Å². The molecule has 1 aromatic carbocycles. The van der Waals surface area contributed by atoms with Gasteiger partial charge in [-0.2, -0.15) is 0 Å². The quantitative estimate of drug-likeness (QED) is 0.642. The van der Waals surface area contributed by atoms with E-state index in [9.17, 15) is 14.4 Å². The Morgan fingerprint density at radius 1 is 1.10 bits per heavy atom. The van der Waals surface area contributed by atoms with Gasteiger partial charge in [-0.1, -0.05) is 32.0 Å². The first-order valence-electron chi connectivity index (χ1n) is 9.81. The topological polar surface area (TPSA) is 70.3 Å². The molecule has 29 heavy (non-hydrogen) atoms. The second kappa shape index (κ2) is 7.03. The highest BCUT2D eigenvalue weighted by atomic mass is 16.5. The largest absolute Gasteiger partial charge is 0.426 e. The number of nitrogens with zero attached hydrogens (tertiary/aromatic N) is 2. The van der Waals surface area contributed by atoms with Gasteiger partial charge in [-0.05, 0) is 30.4 Å². The summed E-state index contributed by atoms with van der Waals surface area (Å²) in [6, 6.07) is 11.2. The Balaban J connectivity index is 2.03.